The Labute approximate surface area is 191 Å². The van der Waals surface area contributed by atoms with Crippen LogP contribution in [-0.4, -0.2) is 52.9 Å². The highest BCUT2D eigenvalue weighted by Gasteiger charge is 2.29. The van der Waals surface area contributed by atoms with Crippen LogP contribution in [-0.2, 0) is 4.79 Å². The number of anilines is 2. The molecule has 0 saturated carbocycles. The molecule has 0 aliphatic carbocycles. The molecule has 0 unspecified atom stereocenters. The Hall–Kier alpha value is -3.55. The summed E-state index contributed by atoms with van der Waals surface area (Å²) in [7, 11) is 0. The number of halogens is 1. The first-order valence-corrected chi connectivity index (χ1v) is 11.5. The van der Waals surface area contributed by atoms with Crippen molar-refractivity contribution in [2.75, 3.05) is 36.4 Å². The average Bonchev–Trinajstić information content (AvgIpc) is 3.38. The number of carbonyl (C=O) groups is 2. The number of fused-ring (bicyclic) bond motifs is 1. The van der Waals surface area contributed by atoms with E-state index in [0.717, 1.165) is 42.8 Å². The zero-order valence-corrected chi connectivity index (χ0v) is 18.3. The molecule has 0 spiro atoms. The van der Waals surface area contributed by atoms with Crippen molar-refractivity contribution in [2.45, 2.75) is 25.7 Å². The molecule has 0 radical (unpaired) electrons. The maximum atomic E-state index is 13.1. The third-order valence-electron chi connectivity index (χ3n) is 6.44. The molecule has 7 nitrogen and oxygen atoms in total. The Bertz CT molecular complexity index is 1170. The van der Waals surface area contributed by atoms with E-state index in [1.165, 1.54) is 24.3 Å². The lowest BCUT2D eigenvalue weighted by Gasteiger charge is -2.31. The number of nitrogens with zero attached hydrogens (tertiary/aromatic N) is 4. The number of para-hydroxylation sites is 2. The zero-order valence-electron chi connectivity index (χ0n) is 18.3. The molecular weight excluding hydrogens is 421 g/mol. The summed E-state index contributed by atoms with van der Waals surface area (Å²) in [6.07, 6.45) is 3.34. The number of likely N-dealkylation sites (tertiary alicyclic amines) is 1. The molecule has 5 rings (SSSR count). The van der Waals surface area contributed by atoms with Gasteiger partial charge < -0.3 is 15.1 Å². The highest BCUT2D eigenvalue weighted by atomic mass is 19.1. The maximum Gasteiger partial charge on any atom is 0.253 e. The number of amides is 2. The van der Waals surface area contributed by atoms with E-state index in [0.29, 0.717) is 37.3 Å². The van der Waals surface area contributed by atoms with Crippen LogP contribution >= 0.6 is 0 Å². The van der Waals surface area contributed by atoms with Crippen molar-refractivity contribution in [3.63, 3.8) is 0 Å². The normalized spacial score (nSPS) is 16.9. The number of hydrogen-bond acceptors (Lipinski definition) is 5. The Morgan fingerprint density at radius 3 is 2.18 bits per heavy atom. The highest BCUT2D eigenvalue weighted by molar-refractivity contribution is 5.97. The predicted molar refractivity (Wildman–Crippen MR) is 125 cm³/mol. The second kappa shape index (κ2) is 9.13. The smallest absolute Gasteiger partial charge is 0.253 e. The summed E-state index contributed by atoms with van der Waals surface area (Å²) < 4.78 is 13.1. The third-order valence-corrected chi connectivity index (χ3v) is 6.44. The van der Waals surface area contributed by atoms with Gasteiger partial charge in [-0.3, -0.25) is 9.59 Å². The minimum Gasteiger partial charge on any atom is -0.354 e. The number of rotatable bonds is 4. The SMILES string of the molecule is O=C(Nc1nc2ccccc2nc1N1CCCC1)C1CCN(C(=O)c2ccc(F)cc2)CC1. The van der Waals surface area contributed by atoms with Gasteiger partial charge in [0.15, 0.2) is 11.6 Å². The van der Waals surface area contributed by atoms with Gasteiger partial charge in [0, 0.05) is 37.7 Å². The molecule has 2 saturated heterocycles. The molecule has 2 aliphatic rings. The van der Waals surface area contributed by atoms with Crippen LogP contribution in [0.25, 0.3) is 11.0 Å². The fourth-order valence-electron chi connectivity index (χ4n) is 4.56. The fourth-order valence-corrected chi connectivity index (χ4v) is 4.56. The number of piperidine rings is 1. The van der Waals surface area contributed by atoms with Crippen molar-refractivity contribution in [3.8, 4) is 0 Å². The van der Waals surface area contributed by atoms with Gasteiger partial charge >= 0.3 is 0 Å². The minimum absolute atomic E-state index is 0.0890. The van der Waals surface area contributed by atoms with Crippen LogP contribution < -0.4 is 10.2 Å². The first kappa shape index (κ1) is 21.3. The monoisotopic (exact) mass is 447 g/mol. The first-order chi connectivity index (χ1) is 16.1. The molecule has 1 N–H and O–H groups in total. The van der Waals surface area contributed by atoms with Crippen molar-refractivity contribution in [2.24, 2.45) is 5.92 Å². The summed E-state index contributed by atoms with van der Waals surface area (Å²) in [5.74, 6) is 0.433. The van der Waals surface area contributed by atoms with Gasteiger partial charge in [-0.05, 0) is 62.1 Å². The van der Waals surface area contributed by atoms with Gasteiger partial charge in [0.2, 0.25) is 5.91 Å². The summed E-state index contributed by atoms with van der Waals surface area (Å²) in [5, 5.41) is 3.03. The Kier molecular flexibility index (Phi) is 5.90. The van der Waals surface area contributed by atoms with E-state index >= 15 is 0 Å². The van der Waals surface area contributed by atoms with Crippen LogP contribution in [0, 0.1) is 11.7 Å². The molecule has 3 heterocycles. The van der Waals surface area contributed by atoms with Crippen molar-refractivity contribution < 1.29 is 14.0 Å². The van der Waals surface area contributed by atoms with Crippen LogP contribution in [0.3, 0.4) is 0 Å². The zero-order chi connectivity index (χ0) is 22.8. The largest absolute Gasteiger partial charge is 0.354 e. The summed E-state index contributed by atoms with van der Waals surface area (Å²) in [6.45, 7) is 2.77. The molecule has 0 atom stereocenters. The average molecular weight is 448 g/mol. The Morgan fingerprint density at radius 1 is 0.879 bits per heavy atom. The third kappa shape index (κ3) is 4.51. The van der Waals surface area contributed by atoms with Gasteiger partial charge in [0.1, 0.15) is 5.82 Å². The number of carbonyl (C=O) groups excluding carboxylic acids is 2. The maximum absolute atomic E-state index is 13.1. The molecule has 2 aliphatic heterocycles. The number of hydrogen-bond donors (Lipinski definition) is 1. The van der Waals surface area contributed by atoms with Crippen LogP contribution in [0.15, 0.2) is 48.5 Å². The first-order valence-electron chi connectivity index (χ1n) is 11.5. The van der Waals surface area contributed by atoms with Gasteiger partial charge in [-0.25, -0.2) is 14.4 Å². The van der Waals surface area contributed by atoms with Gasteiger partial charge in [-0.2, -0.15) is 0 Å². The summed E-state index contributed by atoms with van der Waals surface area (Å²) >= 11 is 0. The predicted octanol–water partition coefficient (Wildman–Crippen LogP) is 3.86. The molecule has 8 heteroatoms. The standard InChI is InChI=1S/C25H26FN5O2/c26-19-9-7-18(8-10-19)25(33)31-15-11-17(12-16-31)24(32)29-22-23(30-13-3-4-14-30)28-21-6-2-1-5-20(21)27-22/h1-2,5-10,17H,3-4,11-16H2,(H,27,29,32). The molecule has 0 bridgehead atoms. The van der Waals surface area contributed by atoms with Crippen molar-refractivity contribution in [1.29, 1.82) is 0 Å². The summed E-state index contributed by atoms with van der Waals surface area (Å²) in [6, 6.07) is 13.2. The second-order valence-electron chi connectivity index (χ2n) is 8.64. The second-order valence-corrected chi connectivity index (χ2v) is 8.64. The van der Waals surface area contributed by atoms with E-state index < -0.39 is 0 Å². The lowest BCUT2D eigenvalue weighted by Crippen LogP contribution is -2.41. The van der Waals surface area contributed by atoms with Crippen molar-refractivity contribution in [1.82, 2.24) is 14.9 Å². The molecule has 2 amide bonds. The number of aromatic nitrogens is 2. The van der Waals surface area contributed by atoms with Crippen LogP contribution in [0.4, 0.5) is 16.0 Å². The van der Waals surface area contributed by atoms with Crippen molar-refractivity contribution >= 4 is 34.5 Å². The van der Waals surface area contributed by atoms with E-state index in [2.05, 4.69) is 10.2 Å². The van der Waals surface area contributed by atoms with E-state index in [1.807, 2.05) is 24.3 Å². The lowest BCUT2D eigenvalue weighted by molar-refractivity contribution is -0.121. The summed E-state index contributed by atoms with van der Waals surface area (Å²) in [5.41, 5.74) is 2.02. The molecule has 2 aromatic carbocycles. The number of benzene rings is 2. The Morgan fingerprint density at radius 2 is 1.52 bits per heavy atom. The van der Waals surface area contributed by atoms with Crippen LogP contribution in [0.1, 0.15) is 36.0 Å². The van der Waals surface area contributed by atoms with E-state index in [-0.39, 0.29) is 23.5 Å². The van der Waals surface area contributed by atoms with E-state index in [9.17, 15) is 14.0 Å². The van der Waals surface area contributed by atoms with Crippen LogP contribution in [0.5, 0.6) is 0 Å². The van der Waals surface area contributed by atoms with E-state index in [4.69, 9.17) is 9.97 Å². The molecular formula is C25H26FN5O2. The van der Waals surface area contributed by atoms with Gasteiger partial charge in [-0.15, -0.1) is 0 Å². The minimum atomic E-state index is -0.369. The molecule has 3 aromatic rings. The quantitative estimate of drug-likeness (QED) is 0.657. The Balaban J connectivity index is 1.28. The van der Waals surface area contributed by atoms with E-state index in [1.54, 1.807) is 4.90 Å². The summed E-state index contributed by atoms with van der Waals surface area (Å²) in [4.78, 5) is 39.2. The van der Waals surface area contributed by atoms with Crippen molar-refractivity contribution in [3.05, 3.63) is 59.9 Å². The fraction of sp³-hybridized carbons (Fsp3) is 0.360. The lowest BCUT2D eigenvalue weighted by atomic mass is 9.95. The topological polar surface area (TPSA) is 78.4 Å². The molecule has 33 heavy (non-hydrogen) atoms. The molecule has 170 valence electrons. The number of nitrogens with one attached hydrogen (secondary N) is 1. The molecule has 2 fully saturated rings. The van der Waals surface area contributed by atoms with Gasteiger partial charge in [0.05, 0.1) is 11.0 Å². The van der Waals surface area contributed by atoms with Gasteiger partial charge in [-0.1, -0.05) is 12.1 Å². The van der Waals surface area contributed by atoms with Gasteiger partial charge in [0.25, 0.3) is 5.91 Å². The van der Waals surface area contributed by atoms with Crippen LogP contribution in [0.2, 0.25) is 0 Å². The molecule has 1 aromatic heterocycles. The highest BCUT2D eigenvalue weighted by Crippen LogP contribution is 2.29.